The Hall–Kier alpha value is -2.01. The smallest absolute Gasteiger partial charge is 0.229 e. The molecule has 2 aromatic carbocycles. The summed E-state index contributed by atoms with van der Waals surface area (Å²) in [5.74, 6) is -2.35. The first-order valence-electron chi connectivity index (χ1n) is 9.71. The van der Waals surface area contributed by atoms with Gasteiger partial charge in [0.2, 0.25) is 0 Å². The van der Waals surface area contributed by atoms with Crippen LogP contribution in [0.3, 0.4) is 0 Å². The van der Waals surface area contributed by atoms with Crippen LogP contribution in [0.5, 0.6) is 0 Å². The molecule has 2 aromatic rings. The van der Waals surface area contributed by atoms with Gasteiger partial charge >= 0.3 is 6.18 Å². The van der Waals surface area contributed by atoms with Crippen LogP contribution in [0.2, 0.25) is 0 Å². The lowest BCUT2D eigenvalue weighted by molar-refractivity contribution is -0.137. The van der Waals surface area contributed by atoms with Crippen molar-refractivity contribution in [1.29, 1.82) is 0 Å². The van der Waals surface area contributed by atoms with Gasteiger partial charge in [0, 0.05) is 11.8 Å². The van der Waals surface area contributed by atoms with Crippen molar-refractivity contribution in [3.63, 3.8) is 0 Å². The zero-order chi connectivity index (χ0) is 23.9. The van der Waals surface area contributed by atoms with Gasteiger partial charge in [-0.15, -0.1) is 0 Å². The Balaban J connectivity index is 2.10. The molecule has 1 aliphatic carbocycles. The molecule has 0 saturated heterocycles. The molecule has 1 fully saturated rings. The predicted molar refractivity (Wildman–Crippen MR) is 108 cm³/mol. The average Bonchev–Trinajstić information content (AvgIpc) is 2.69. The molecule has 3 rings (SSSR count). The van der Waals surface area contributed by atoms with E-state index in [-0.39, 0.29) is 37.4 Å². The van der Waals surface area contributed by atoms with Crippen molar-refractivity contribution in [2.75, 3.05) is 12.0 Å². The molecular weight excluding hydrogens is 475 g/mol. The molecule has 0 heterocycles. The second kappa shape index (κ2) is 8.40. The number of benzene rings is 2. The summed E-state index contributed by atoms with van der Waals surface area (Å²) in [5.41, 5.74) is -1.45. The quantitative estimate of drug-likeness (QED) is 0.553. The number of alkyl halides is 3. The van der Waals surface area contributed by atoms with Crippen LogP contribution in [-0.2, 0) is 30.6 Å². The molecular formula is C21H21F5O4S2. The van der Waals surface area contributed by atoms with E-state index < -0.39 is 58.3 Å². The summed E-state index contributed by atoms with van der Waals surface area (Å²) in [5, 5.41) is 0. The molecule has 1 aliphatic rings. The van der Waals surface area contributed by atoms with E-state index in [4.69, 9.17) is 0 Å². The third-order valence-corrected chi connectivity index (χ3v) is 9.50. The highest BCUT2D eigenvalue weighted by molar-refractivity contribution is 7.92. The first-order chi connectivity index (χ1) is 14.7. The van der Waals surface area contributed by atoms with Gasteiger partial charge in [0.15, 0.2) is 9.84 Å². The van der Waals surface area contributed by atoms with Gasteiger partial charge < -0.3 is 0 Å². The lowest BCUT2D eigenvalue weighted by atomic mass is 9.78. The molecule has 1 saturated carbocycles. The van der Waals surface area contributed by atoms with Crippen LogP contribution in [-0.4, -0.2) is 28.8 Å². The van der Waals surface area contributed by atoms with Gasteiger partial charge in [-0.1, -0.05) is 0 Å². The van der Waals surface area contributed by atoms with E-state index in [0.29, 0.717) is 12.1 Å². The van der Waals surface area contributed by atoms with Crippen LogP contribution in [0, 0.1) is 17.6 Å². The molecule has 0 aromatic heterocycles. The second-order valence-electron chi connectivity index (χ2n) is 8.18. The maximum atomic E-state index is 14.8. The van der Waals surface area contributed by atoms with Crippen LogP contribution in [0.25, 0.3) is 0 Å². The highest BCUT2D eigenvalue weighted by Gasteiger charge is 2.50. The monoisotopic (exact) mass is 496 g/mol. The molecule has 0 atom stereocenters. The van der Waals surface area contributed by atoms with E-state index in [1.54, 1.807) is 0 Å². The molecule has 11 heteroatoms. The lowest BCUT2D eigenvalue weighted by Gasteiger charge is -2.40. The van der Waals surface area contributed by atoms with Crippen molar-refractivity contribution in [1.82, 2.24) is 0 Å². The SMILES string of the molecule is CS(=O)(=O)CC1CCC(c2cc(F)ccc2F)(S(=O)(=O)c2ccc(C(F)(F)F)cc2)CC1. The summed E-state index contributed by atoms with van der Waals surface area (Å²) < 4.78 is 116. The Bertz CT molecular complexity index is 1200. The molecule has 0 N–H and O–H groups in total. The Morgan fingerprint density at radius 1 is 0.938 bits per heavy atom. The van der Waals surface area contributed by atoms with Crippen molar-refractivity contribution in [3.8, 4) is 0 Å². The maximum Gasteiger partial charge on any atom is 0.416 e. The number of rotatable bonds is 5. The summed E-state index contributed by atoms with van der Waals surface area (Å²) in [7, 11) is -7.81. The summed E-state index contributed by atoms with van der Waals surface area (Å²) in [6.07, 6.45) is -3.78. The second-order valence-corrected chi connectivity index (χ2v) is 12.6. The maximum absolute atomic E-state index is 14.8. The molecule has 0 unspecified atom stereocenters. The van der Waals surface area contributed by atoms with E-state index >= 15 is 0 Å². The highest BCUT2D eigenvalue weighted by atomic mass is 32.2. The Labute approximate surface area is 183 Å². The molecule has 0 spiro atoms. The van der Waals surface area contributed by atoms with E-state index in [1.165, 1.54) is 0 Å². The van der Waals surface area contributed by atoms with Crippen LogP contribution < -0.4 is 0 Å². The number of sulfone groups is 2. The topological polar surface area (TPSA) is 68.3 Å². The van der Waals surface area contributed by atoms with Crippen molar-refractivity contribution in [2.24, 2.45) is 5.92 Å². The molecule has 32 heavy (non-hydrogen) atoms. The number of hydrogen-bond acceptors (Lipinski definition) is 4. The van der Waals surface area contributed by atoms with E-state index in [0.717, 1.165) is 36.6 Å². The average molecular weight is 497 g/mol. The Morgan fingerprint density at radius 2 is 1.50 bits per heavy atom. The molecule has 0 bridgehead atoms. The largest absolute Gasteiger partial charge is 0.416 e. The molecule has 0 aliphatic heterocycles. The minimum Gasteiger partial charge on any atom is -0.229 e. The molecule has 176 valence electrons. The Kier molecular flexibility index (Phi) is 6.47. The van der Waals surface area contributed by atoms with Crippen LogP contribution in [0.15, 0.2) is 47.4 Å². The summed E-state index contributed by atoms with van der Waals surface area (Å²) >= 11 is 0. The molecule has 0 amide bonds. The van der Waals surface area contributed by atoms with Crippen LogP contribution in [0.1, 0.15) is 36.8 Å². The van der Waals surface area contributed by atoms with Gasteiger partial charge in [-0.25, -0.2) is 25.6 Å². The van der Waals surface area contributed by atoms with Gasteiger partial charge in [-0.2, -0.15) is 13.2 Å². The number of halogens is 5. The fourth-order valence-corrected chi connectivity index (χ4v) is 7.67. The minimum atomic E-state index is -4.67. The van der Waals surface area contributed by atoms with Gasteiger partial charge in [0.1, 0.15) is 26.2 Å². The third-order valence-electron chi connectivity index (χ3n) is 5.88. The minimum absolute atomic E-state index is 0.114. The van der Waals surface area contributed by atoms with E-state index in [9.17, 15) is 38.8 Å². The standard InChI is InChI=1S/C21H21F5O4S2/c1-31(27,28)13-14-8-10-20(11-9-14,18-12-16(22)4-7-19(18)23)32(29,30)17-5-2-15(3-6-17)21(24,25)26/h2-7,12,14H,8-11,13H2,1H3. The van der Waals surface area contributed by atoms with Crippen molar-refractivity contribution in [3.05, 3.63) is 65.2 Å². The first-order valence-corrected chi connectivity index (χ1v) is 13.3. The van der Waals surface area contributed by atoms with Gasteiger partial charge in [-0.3, -0.25) is 0 Å². The number of hydrogen-bond donors (Lipinski definition) is 0. The highest BCUT2D eigenvalue weighted by Crippen LogP contribution is 2.49. The van der Waals surface area contributed by atoms with Crippen molar-refractivity contribution in [2.45, 2.75) is 41.5 Å². The predicted octanol–water partition coefficient (Wildman–Crippen LogP) is 4.89. The fraction of sp³-hybridized carbons (Fsp3) is 0.429. The summed E-state index contributed by atoms with van der Waals surface area (Å²) in [6.45, 7) is 0. The van der Waals surface area contributed by atoms with Crippen molar-refractivity contribution < 1.29 is 38.8 Å². The summed E-state index contributed by atoms with van der Waals surface area (Å²) in [6, 6.07) is 5.28. The summed E-state index contributed by atoms with van der Waals surface area (Å²) in [4.78, 5) is -0.448. The molecule has 4 nitrogen and oxygen atoms in total. The fourth-order valence-electron chi connectivity index (χ4n) is 4.32. The van der Waals surface area contributed by atoms with Crippen molar-refractivity contribution >= 4 is 19.7 Å². The Morgan fingerprint density at radius 3 is 2.00 bits per heavy atom. The van der Waals surface area contributed by atoms with Gasteiger partial charge in [0.05, 0.1) is 16.2 Å². The van der Waals surface area contributed by atoms with Gasteiger partial charge in [-0.05, 0) is 74.1 Å². The van der Waals surface area contributed by atoms with E-state index in [2.05, 4.69) is 0 Å². The zero-order valence-corrected chi connectivity index (χ0v) is 18.6. The van der Waals surface area contributed by atoms with Crippen LogP contribution in [0.4, 0.5) is 22.0 Å². The third kappa shape index (κ3) is 4.83. The first kappa shape index (κ1) is 24.6. The molecule has 0 radical (unpaired) electrons. The van der Waals surface area contributed by atoms with Crippen LogP contribution >= 0.6 is 0 Å². The lowest BCUT2D eigenvalue weighted by Crippen LogP contribution is -2.41. The van der Waals surface area contributed by atoms with Gasteiger partial charge in [0.25, 0.3) is 0 Å². The zero-order valence-electron chi connectivity index (χ0n) is 17.0. The normalized spacial score (nSPS) is 22.6. The van der Waals surface area contributed by atoms with E-state index in [1.807, 2.05) is 0 Å².